The van der Waals surface area contributed by atoms with Crippen molar-refractivity contribution in [1.82, 2.24) is 9.97 Å². The SMILES string of the molecule is CCC(N)c1nc(-c2ccc(Cl)cc2)c(C)[nH]1. The molecule has 0 aliphatic rings. The van der Waals surface area contributed by atoms with Crippen LogP contribution in [0.1, 0.15) is 30.9 Å². The Kier molecular flexibility index (Phi) is 3.50. The number of imidazole rings is 1. The van der Waals surface area contributed by atoms with Crippen LogP contribution in [0.15, 0.2) is 24.3 Å². The Hall–Kier alpha value is -1.32. The van der Waals surface area contributed by atoms with E-state index in [1.165, 1.54) is 0 Å². The van der Waals surface area contributed by atoms with Gasteiger partial charge < -0.3 is 10.7 Å². The van der Waals surface area contributed by atoms with Gasteiger partial charge in [0.1, 0.15) is 5.82 Å². The van der Waals surface area contributed by atoms with Crippen LogP contribution < -0.4 is 5.73 Å². The number of H-pyrrole nitrogens is 1. The lowest BCUT2D eigenvalue weighted by atomic mass is 10.1. The van der Waals surface area contributed by atoms with Crippen LogP contribution in [0.25, 0.3) is 11.3 Å². The van der Waals surface area contributed by atoms with Crippen LogP contribution in [0.3, 0.4) is 0 Å². The van der Waals surface area contributed by atoms with Crippen LogP contribution in [-0.4, -0.2) is 9.97 Å². The molecule has 0 saturated heterocycles. The van der Waals surface area contributed by atoms with Gasteiger partial charge in [0, 0.05) is 16.3 Å². The summed E-state index contributed by atoms with van der Waals surface area (Å²) in [6, 6.07) is 7.63. The molecule has 0 aliphatic heterocycles. The van der Waals surface area contributed by atoms with Crippen molar-refractivity contribution >= 4 is 11.6 Å². The van der Waals surface area contributed by atoms with E-state index in [9.17, 15) is 0 Å². The number of nitrogens with two attached hydrogens (primary N) is 1. The van der Waals surface area contributed by atoms with E-state index in [1.807, 2.05) is 38.1 Å². The predicted octanol–water partition coefficient (Wildman–Crippen LogP) is 3.45. The number of benzene rings is 1. The fourth-order valence-electron chi connectivity index (χ4n) is 1.74. The number of aromatic amines is 1. The van der Waals surface area contributed by atoms with Crippen molar-refractivity contribution in [3.63, 3.8) is 0 Å². The Balaban J connectivity index is 2.39. The van der Waals surface area contributed by atoms with E-state index < -0.39 is 0 Å². The number of nitrogens with zero attached hydrogens (tertiary/aromatic N) is 1. The van der Waals surface area contributed by atoms with E-state index in [1.54, 1.807) is 0 Å². The molecule has 3 N–H and O–H groups in total. The van der Waals surface area contributed by atoms with Gasteiger partial charge in [-0.15, -0.1) is 0 Å². The quantitative estimate of drug-likeness (QED) is 0.875. The molecule has 0 radical (unpaired) electrons. The summed E-state index contributed by atoms with van der Waals surface area (Å²) in [4.78, 5) is 7.80. The van der Waals surface area contributed by atoms with Gasteiger partial charge in [0.15, 0.2) is 0 Å². The molecule has 1 unspecified atom stereocenters. The minimum Gasteiger partial charge on any atom is -0.344 e. The molecule has 2 aromatic rings. The Morgan fingerprint density at radius 3 is 2.59 bits per heavy atom. The highest BCUT2D eigenvalue weighted by Crippen LogP contribution is 2.24. The van der Waals surface area contributed by atoms with E-state index >= 15 is 0 Å². The number of aryl methyl sites for hydroxylation is 1. The summed E-state index contributed by atoms with van der Waals surface area (Å²) in [5, 5.41) is 0.729. The second-order valence-corrected chi connectivity index (χ2v) is 4.55. The number of hydrogen-bond acceptors (Lipinski definition) is 2. The van der Waals surface area contributed by atoms with Gasteiger partial charge >= 0.3 is 0 Å². The molecule has 90 valence electrons. The van der Waals surface area contributed by atoms with Gasteiger partial charge in [-0.25, -0.2) is 4.98 Å². The van der Waals surface area contributed by atoms with Crippen molar-refractivity contribution in [2.24, 2.45) is 5.73 Å². The molecule has 3 nitrogen and oxygen atoms in total. The van der Waals surface area contributed by atoms with Crippen molar-refractivity contribution in [2.45, 2.75) is 26.3 Å². The van der Waals surface area contributed by atoms with Gasteiger partial charge in [-0.2, -0.15) is 0 Å². The average molecular weight is 250 g/mol. The highest BCUT2D eigenvalue weighted by Gasteiger charge is 2.12. The molecule has 1 aromatic heterocycles. The zero-order valence-corrected chi connectivity index (χ0v) is 10.8. The first kappa shape index (κ1) is 12.1. The van der Waals surface area contributed by atoms with Crippen molar-refractivity contribution in [2.75, 3.05) is 0 Å². The van der Waals surface area contributed by atoms with Crippen molar-refractivity contribution < 1.29 is 0 Å². The van der Waals surface area contributed by atoms with Crippen LogP contribution in [0.5, 0.6) is 0 Å². The summed E-state index contributed by atoms with van der Waals surface area (Å²) < 4.78 is 0. The Labute approximate surface area is 106 Å². The fraction of sp³-hybridized carbons (Fsp3) is 0.308. The standard InChI is InChI=1S/C13H16ClN3/c1-3-11(15)13-16-8(2)12(17-13)9-4-6-10(14)7-5-9/h4-7,11H,3,15H2,1-2H3,(H,16,17). The van der Waals surface area contributed by atoms with Crippen LogP contribution in [-0.2, 0) is 0 Å². The molecule has 0 saturated carbocycles. The molecule has 0 fully saturated rings. The lowest BCUT2D eigenvalue weighted by molar-refractivity contribution is 0.657. The molecule has 0 bridgehead atoms. The first-order chi connectivity index (χ1) is 8.11. The van der Waals surface area contributed by atoms with E-state index in [-0.39, 0.29) is 6.04 Å². The number of nitrogens with one attached hydrogen (secondary N) is 1. The second-order valence-electron chi connectivity index (χ2n) is 4.12. The second kappa shape index (κ2) is 4.90. The van der Waals surface area contributed by atoms with Crippen LogP contribution >= 0.6 is 11.6 Å². The number of aromatic nitrogens is 2. The van der Waals surface area contributed by atoms with E-state index in [0.717, 1.165) is 34.2 Å². The van der Waals surface area contributed by atoms with Gasteiger partial charge in [0.25, 0.3) is 0 Å². The fourth-order valence-corrected chi connectivity index (χ4v) is 1.87. The molecule has 1 heterocycles. The summed E-state index contributed by atoms with van der Waals surface area (Å²) in [6.07, 6.45) is 0.868. The highest BCUT2D eigenvalue weighted by atomic mass is 35.5. The first-order valence-electron chi connectivity index (χ1n) is 5.69. The molecule has 0 spiro atoms. The third-order valence-electron chi connectivity index (χ3n) is 2.81. The van der Waals surface area contributed by atoms with Crippen molar-refractivity contribution in [3.05, 3.63) is 40.8 Å². The maximum atomic E-state index is 5.96. The van der Waals surface area contributed by atoms with Crippen LogP contribution in [0, 0.1) is 6.92 Å². The zero-order valence-electron chi connectivity index (χ0n) is 10.00. The minimum atomic E-state index is -0.0326. The number of rotatable bonds is 3. The monoisotopic (exact) mass is 249 g/mol. The predicted molar refractivity (Wildman–Crippen MR) is 71.0 cm³/mol. The summed E-state index contributed by atoms with van der Waals surface area (Å²) in [5.41, 5.74) is 9.00. The largest absolute Gasteiger partial charge is 0.344 e. The molecule has 17 heavy (non-hydrogen) atoms. The van der Waals surface area contributed by atoms with Crippen LogP contribution in [0.4, 0.5) is 0 Å². The van der Waals surface area contributed by atoms with Crippen molar-refractivity contribution in [1.29, 1.82) is 0 Å². The van der Waals surface area contributed by atoms with Crippen LogP contribution in [0.2, 0.25) is 5.02 Å². The Morgan fingerprint density at radius 1 is 1.35 bits per heavy atom. The molecule has 0 amide bonds. The van der Waals surface area contributed by atoms with Gasteiger partial charge in [0.05, 0.1) is 11.7 Å². The Bertz CT molecular complexity index is 502. The maximum absolute atomic E-state index is 5.96. The summed E-state index contributed by atoms with van der Waals surface area (Å²) >= 11 is 5.87. The van der Waals surface area contributed by atoms with Gasteiger partial charge in [-0.3, -0.25) is 0 Å². The van der Waals surface area contributed by atoms with E-state index in [0.29, 0.717) is 0 Å². The number of hydrogen-bond donors (Lipinski definition) is 2. The molecule has 0 aliphatic carbocycles. The average Bonchev–Trinajstić information content (AvgIpc) is 2.71. The lowest BCUT2D eigenvalue weighted by Crippen LogP contribution is -2.10. The topological polar surface area (TPSA) is 54.7 Å². The summed E-state index contributed by atoms with van der Waals surface area (Å²) in [6.45, 7) is 4.05. The maximum Gasteiger partial charge on any atom is 0.123 e. The molecule has 2 rings (SSSR count). The van der Waals surface area contributed by atoms with E-state index in [2.05, 4.69) is 9.97 Å². The molecular formula is C13H16ClN3. The molecular weight excluding hydrogens is 234 g/mol. The molecule has 1 aromatic carbocycles. The normalized spacial score (nSPS) is 12.7. The summed E-state index contributed by atoms with van der Waals surface area (Å²) in [7, 11) is 0. The third-order valence-corrected chi connectivity index (χ3v) is 3.06. The van der Waals surface area contributed by atoms with Crippen molar-refractivity contribution in [3.8, 4) is 11.3 Å². The lowest BCUT2D eigenvalue weighted by Gasteiger charge is -2.02. The third kappa shape index (κ3) is 2.51. The molecule has 1 atom stereocenters. The smallest absolute Gasteiger partial charge is 0.123 e. The first-order valence-corrected chi connectivity index (χ1v) is 6.07. The number of halogens is 1. The highest BCUT2D eigenvalue weighted by molar-refractivity contribution is 6.30. The summed E-state index contributed by atoms with van der Waals surface area (Å²) in [5.74, 6) is 0.843. The Morgan fingerprint density at radius 2 is 2.00 bits per heavy atom. The van der Waals surface area contributed by atoms with Gasteiger partial charge in [0.2, 0.25) is 0 Å². The minimum absolute atomic E-state index is 0.0326. The molecule has 4 heteroatoms. The van der Waals surface area contributed by atoms with E-state index in [4.69, 9.17) is 17.3 Å². The zero-order chi connectivity index (χ0) is 12.4. The van der Waals surface area contributed by atoms with Gasteiger partial charge in [-0.1, -0.05) is 30.7 Å². The van der Waals surface area contributed by atoms with Gasteiger partial charge in [-0.05, 0) is 25.5 Å².